The predicted molar refractivity (Wildman–Crippen MR) is 82.8 cm³/mol. The van der Waals surface area contributed by atoms with Gasteiger partial charge >= 0.3 is 0 Å². The fourth-order valence-electron chi connectivity index (χ4n) is 2.48. The summed E-state index contributed by atoms with van der Waals surface area (Å²) in [5, 5.41) is 1.11. The van der Waals surface area contributed by atoms with Crippen LogP contribution < -0.4 is 15.2 Å². The molecule has 3 rings (SSSR count). The van der Waals surface area contributed by atoms with Crippen LogP contribution in [0, 0.1) is 0 Å². The molecular weight excluding hydrogens is 266 g/mol. The van der Waals surface area contributed by atoms with Crippen LogP contribution in [0.2, 0.25) is 0 Å². The van der Waals surface area contributed by atoms with Crippen molar-refractivity contribution in [2.75, 3.05) is 20.0 Å². The SMILES string of the molecule is COc1ccnc(Cn2ccc3cc(N)ccc32)c1OC. The summed E-state index contributed by atoms with van der Waals surface area (Å²) in [5.74, 6) is 1.35. The van der Waals surface area contributed by atoms with Crippen LogP contribution in [0.1, 0.15) is 5.69 Å². The highest BCUT2D eigenvalue weighted by molar-refractivity contribution is 5.83. The number of ether oxygens (including phenoxy) is 2. The number of methoxy groups -OCH3 is 2. The molecule has 3 aromatic rings. The molecule has 21 heavy (non-hydrogen) atoms. The lowest BCUT2D eigenvalue weighted by Gasteiger charge is -2.12. The number of rotatable bonds is 4. The van der Waals surface area contributed by atoms with Gasteiger partial charge in [-0.1, -0.05) is 0 Å². The molecule has 0 fully saturated rings. The molecule has 2 N–H and O–H groups in total. The lowest BCUT2D eigenvalue weighted by Crippen LogP contribution is -2.04. The number of anilines is 1. The highest BCUT2D eigenvalue weighted by Gasteiger charge is 2.12. The first-order valence-electron chi connectivity index (χ1n) is 6.63. The number of fused-ring (bicyclic) bond motifs is 1. The summed E-state index contributed by atoms with van der Waals surface area (Å²) in [5.41, 5.74) is 8.50. The number of hydrogen-bond donors (Lipinski definition) is 1. The summed E-state index contributed by atoms with van der Waals surface area (Å²) in [6.45, 7) is 0.605. The normalized spacial score (nSPS) is 10.8. The molecular formula is C16H17N3O2. The van der Waals surface area contributed by atoms with Gasteiger partial charge in [0, 0.05) is 35.1 Å². The average Bonchev–Trinajstić information content (AvgIpc) is 2.89. The zero-order valence-corrected chi connectivity index (χ0v) is 12.0. The number of pyridine rings is 1. The Labute approximate surface area is 122 Å². The van der Waals surface area contributed by atoms with Gasteiger partial charge in [0.1, 0.15) is 5.69 Å². The van der Waals surface area contributed by atoms with E-state index in [2.05, 4.69) is 9.55 Å². The molecule has 0 saturated heterocycles. The van der Waals surface area contributed by atoms with Gasteiger partial charge in [-0.2, -0.15) is 0 Å². The average molecular weight is 283 g/mol. The molecule has 5 nitrogen and oxygen atoms in total. The molecule has 0 unspecified atom stereocenters. The quantitative estimate of drug-likeness (QED) is 0.748. The molecule has 0 bridgehead atoms. The zero-order valence-electron chi connectivity index (χ0n) is 12.0. The summed E-state index contributed by atoms with van der Waals surface area (Å²) in [6.07, 6.45) is 3.74. The van der Waals surface area contributed by atoms with E-state index in [-0.39, 0.29) is 0 Å². The molecule has 0 saturated carbocycles. The van der Waals surface area contributed by atoms with Gasteiger partial charge in [0.15, 0.2) is 11.5 Å². The molecule has 2 aromatic heterocycles. The van der Waals surface area contributed by atoms with Crippen molar-refractivity contribution in [1.82, 2.24) is 9.55 Å². The first-order valence-corrected chi connectivity index (χ1v) is 6.63. The second-order valence-electron chi connectivity index (χ2n) is 4.76. The van der Waals surface area contributed by atoms with E-state index in [9.17, 15) is 0 Å². The van der Waals surface area contributed by atoms with E-state index in [1.54, 1.807) is 26.5 Å². The van der Waals surface area contributed by atoms with Gasteiger partial charge in [-0.15, -0.1) is 0 Å². The largest absolute Gasteiger partial charge is 0.493 e. The van der Waals surface area contributed by atoms with Crippen LogP contribution in [0.4, 0.5) is 5.69 Å². The van der Waals surface area contributed by atoms with Crippen molar-refractivity contribution >= 4 is 16.6 Å². The Bertz CT molecular complexity index is 780. The third-order valence-electron chi connectivity index (χ3n) is 3.48. The van der Waals surface area contributed by atoms with Crippen molar-refractivity contribution in [3.05, 3.63) is 48.4 Å². The third-order valence-corrected chi connectivity index (χ3v) is 3.48. The van der Waals surface area contributed by atoms with Crippen molar-refractivity contribution < 1.29 is 9.47 Å². The first-order chi connectivity index (χ1) is 10.2. The van der Waals surface area contributed by atoms with Crippen molar-refractivity contribution in [1.29, 1.82) is 0 Å². The topological polar surface area (TPSA) is 62.3 Å². The van der Waals surface area contributed by atoms with Gasteiger partial charge in [-0.25, -0.2) is 0 Å². The summed E-state index contributed by atoms with van der Waals surface area (Å²) >= 11 is 0. The lowest BCUT2D eigenvalue weighted by atomic mass is 10.2. The summed E-state index contributed by atoms with van der Waals surface area (Å²) in [4.78, 5) is 4.41. The molecule has 0 radical (unpaired) electrons. The molecule has 0 spiro atoms. The van der Waals surface area contributed by atoms with Crippen LogP contribution in [0.25, 0.3) is 10.9 Å². The third kappa shape index (κ3) is 2.38. The van der Waals surface area contributed by atoms with Gasteiger partial charge in [0.2, 0.25) is 0 Å². The van der Waals surface area contributed by atoms with Crippen LogP contribution in [0.15, 0.2) is 42.7 Å². The second-order valence-corrected chi connectivity index (χ2v) is 4.76. The second kappa shape index (κ2) is 5.36. The smallest absolute Gasteiger partial charge is 0.184 e. The lowest BCUT2D eigenvalue weighted by molar-refractivity contribution is 0.348. The fraction of sp³-hybridized carbons (Fsp3) is 0.188. The molecule has 1 aromatic carbocycles. The van der Waals surface area contributed by atoms with Crippen LogP contribution in [0.3, 0.4) is 0 Å². The first kappa shape index (κ1) is 13.3. The fourth-order valence-corrected chi connectivity index (χ4v) is 2.48. The highest BCUT2D eigenvalue weighted by atomic mass is 16.5. The number of aromatic nitrogens is 2. The van der Waals surface area contributed by atoms with Crippen molar-refractivity contribution in [2.24, 2.45) is 0 Å². The molecule has 0 amide bonds. The molecule has 0 aliphatic rings. The van der Waals surface area contributed by atoms with Gasteiger partial charge in [0.05, 0.1) is 20.8 Å². The van der Waals surface area contributed by atoms with Crippen molar-refractivity contribution in [3.8, 4) is 11.5 Å². The van der Waals surface area contributed by atoms with Crippen molar-refractivity contribution in [2.45, 2.75) is 6.54 Å². The molecule has 0 aliphatic heterocycles. The van der Waals surface area contributed by atoms with E-state index in [0.717, 1.165) is 22.3 Å². The van der Waals surface area contributed by atoms with Gasteiger partial charge in [-0.05, 0) is 24.3 Å². The number of benzene rings is 1. The standard InChI is InChI=1S/C16H17N3O2/c1-20-15-5-7-18-13(16(15)21-2)10-19-8-6-11-9-12(17)3-4-14(11)19/h3-9H,10,17H2,1-2H3. The Kier molecular flexibility index (Phi) is 3.39. The Morgan fingerprint density at radius 1 is 1.14 bits per heavy atom. The minimum atomic E-state index is 0.605. The summed E-state index contributed by atoms with van der Waals surface area (Å²) in [7, 11) is 3.24. The molecule has 0 atom stereocenters. The van der Waals surface area contributed by atoms with E-state index >= 15 is 0 Å². The number of nitrogens with zero attached hydrogens (tertiary/aromatic N) is 2. The van der Waals surface area contributed by atoms with Crippen LogP contribution in [-0.2, 0) is 6.54 Å². The Morgan fingerprint density at radius 2 is 2.00 bits per heavy atom. The van der Waals surface area contributed by atoms with Crippen LogP contribution in [-0.4, -0.2) is 23.8 Å². The van der Waals surface area contributed by atoms with Gasteiger partial charge in [0.25, 0.3) is 0 Å². The van der Waals surface area contributed by atoms with E-state index in [1.807, 2.05) is 30.5 Å². The minimum absolute atomic E-state index is 0.605. The minimum Gasteiger partial charge on any atom is -0.493 e. The van der Waals surface area contributed by atoms with Gasteiger partial charge < -0.3 is 19.8 Å². The Morgan fingerprint density at radius 3 is 2.76 bits per heavy atom. The number of nitrogen functional groups attached to an aromatic ring is 1. The van der Waals surface area contributed by atoms with E-state index < -0.39 is 0 Å². The predicted octanol–water partition coefficient (Wildman–Crippen LogP) is 2.68. The summed E-state index contributed by atoms with van der Waals surface area (Å²) in [6, 6.07) is 9.70. The van der Waals surface area contributed by atoms with Crippen LogP contribution in [0.5, 0.6) is 11.5 Å². The van der Waals surface area contributed by atoms with E-state index in [0.29, 0.717) is 18.0 Å². The Balaban J connectivity index is 2.03. The van der Waals surface area contributed by atoms with E-state index in [1.165, 1.54) is 0 Å². The molecule has 108 valence electrons. The summed E-state index contributed by atoms with van der Waals surface area (Å²) < 4.78 is 12.8. The molecule has 0 aliphatic carbocycles. The Hall–Kier alpha value is -2.69. The molecule has 2 heterocycles. The maximum Gasteiger partial charge on any atom is 0.184 e. The van der Waals surface area contributed by atoms with Gasteiger partial charge in [-0.3, -0.25) is 4.98 Å². The highest BCUT2D eigenvalue weighted by Crippen LogP contribution is 2.30. The van der Waals surface area contributed by atoms with E-state index in [4.69, 9.17) is 15.2 Å². The monoisotopic (exact) mass is 283 g/mol. The van der Waals surface area contributed by atoms with Crippen molar-refractivity contribution in [3.63, 3.8) is 0 Å². The number of hydrogen-bond acceptors (Lipinski definition) is 4. The van der Waals surface area contributed by atoms with Crippen LogP contribution >= 0.6 is 0 Å². The molecule has 5 heteroatoms. The maximum absolute atomic E-state index is 5.81. The number of nitrogens with two attached hydrogens (primary N) is 1. The zero-order chi connectivity index (χ0) is 14.8. The maximum atomic E-state index is 5.81.